The molecule has 25 heavy (non-hydrogen) atoms. The lowest BCUT2D eigenvalue weighted by Gasteiger charge is -2.15. The topological polar surface area (TPSA) is 41.9 Å². The molecule has 0 aliphatic carbocycles. The fourth-order valence-electron chi connectivity index (χ4n) is 2.46. The molecular formula is C18H16F2N4S. The predicted octanol–water partition coefficient (Wildman–Crippen LogP) is 3.95. The molecule has 1 aromatic heterocycles. The molecule has 0 spiro atoms. The Labute approximate surface area is 149 Å². The SMILES string of the molecule is Cc1nccn1-c1ccccc1CNC(=S)Nc1ccc(F)cc1F. The molecule has 0 fully saturated rings. The number of aryl methyl sites for hydroxylation is 1. The summed E-state index contributed by atoms with van der Waals surface area (Å²) >= 11 is 5.19. The Morgan fingerprint density at radius 3 is 2.72 bits per heavy atom. The predicted molar refractivity (Wildman–Crippen MR) is 97.7 cm³/mol. The smallest absolute Gasteiger partial charge is 0.171 e. The van der Waals surface area contributed by atoms with Crippen LogP contribution in [0.1, 0.15) is 11.4 Å². The van der Waals surface area contributed by atoms with E-state index in [0.717, 1.165) is 23.1 Å². The maximum absolute atomic E-state index is 13.7. The molecule has 0 bridgehead atoms. The fraction of sp³-hybridized carbons (Fsp3) is 0.111. The van der Waals surface area contributed by atoms with Crippen molar-refractivity contribution in [3.8, 4) is 5.69 Å². The Hall–Kier alpha value is -2.80. The molecule has 7 heteroatoms. The van der Waals surface area contributed by atoms with Gasteiger partial charge in [-0.15, -0.1) is 0 Å². The highest BCUT2D eigenvalue weighted by molar-refractivity contribution is 7.80. The van der Waals surface area contributed by atoms with Crippen LogP contribution in [0.4, 0.5) is 14.5 Å². The minimum Gasteiger partial charge on any atom is -0.358 e. The van der Waals surface area contributed by atoms with Gasteiger partial charge in [-0.1, -0.05) is 18.2 Å². The van der Waals surface area contributed by atoms with E-state index in [1.807, 2.05) is 42.0 Å². The van der Waals surface area contributed by atoms with E-state index in [2.05, 4.69) is 15.6 Å². The summed E-state index contributed by atoms with van der Waals surface area (Å²) < 4.78 is 28.6. The second-order valence-corrected chi connectivity index (χ2v) is 5.81. The van der Waals surface area contributed by atoms with Gasteiger partial charge in [-0.05, 0) is 42.9 Å². The van der Waals surface area contributed by atoms with Gasteiger partial charge in [0.2, 0.25) is 0 Å². The number of hydrogen-bond donors (Lipinski definition) is 2. The van der Waals surface area contributed by atoms with E-state index in [9.17, 15) is 8.78 Å². The molecular weight excluding hydrogens is 342 g/mol. The van der Waals surface area contributed by atoms with Crippen LogP contribution in [0.15, 0.2) is 54.9 Å². The molecule has 1 heterocycles. The number of thiocarbonyl (C=S) groups is 1. The van der Waals surface area contributed by atoms with Gasteiger partial charge < -0.3 is 15.2 Å². The van der Waals surface area contributed by atoms with Gasteiger partial charge in [-0.2, -0.15) is 0 Å². The number of aromatic nitrogens is 2. The van der Waals surface area contributed by atoms with E-state index >= 15 is 0 Å². The molecule has 0 saturated carbocycles. The van der Waals surface area contributed by atoms with Crippen molar-refractivity contribution >= 4 is 23.0 Å². The average molecular weight is 358 g/mol. The summed E-state index contributed by atoms with van der Waals surface area (Å²) in [6.45, 7) is 2.37. The molecule has 0 saturated heterocycles. The van der Waals surface area contributed by atoms with Crippen LogP contribution >= 0.6 is 12.2 Å². The van der Waals surface area contributed by atoms with Crippen molar-refractivity contribution in [2.45, 2.75) is 13.5 Å². The number of nitrogens with zero attached hydrogens (tertiary/aromatic N) is 2. The molecule has 4 nitrogen and oxygen atoms in total. The number of para-hydroxylation sites is 1. The van der Waals surface area contributed by atoms with Gasteiger partial charge in [0.05, 0.1) is 11.4 Å². The van der Waals surface area contributed by atoms with E-state index in [-0.39, 0.29) is 10.8 Å². The number of imidazole rings is 1. The Bertz CT molecular complexity index is 908. The largest absolute Gasteiger partial charge is 0.358 e. The minimum absolute atomic E-state index is 0.123. The molecule has 0 radical (unpaired) electrons. The summed E-state index contributed by atoms with van der Waals surface area (Å²) in [5.41, 5.74) is 2.12. The van der Waals surface area contributed by atoms with Crippen LogP contribution in [-0.2, 0) is 6.54 Å². The van der Waals surface area contributed by atoms with Gasteiger partial charge in [-0.25, -0.2) is 13.8 Å². The van der Waals surface area contributed by atoms with Crippen LogP contribution in [0.3, 0.4) is 0 Å². The fourth-order valence-corrected chi connectivity index (χ4v) is 2.64. The van der Waals surface area contributed by atoms with Crippen molar-refractivity contribution in [1.82, 2.24) is 14.9 Å². The van der Waals surface area contributed by atoms with Gasteiger partial charge in [0, 0.05) is 25.0 Å². The molecule has 3 aromatic rings. The van der Waals surface area contributed by atoms with E-state index < -0.39 is 11.6 Å². The summed E-state index contributed by atoms with van der Waals surface area (Å²) in [5.74, 6) is -0.452. The first-order valence-corrected chi connectivity index (χ1v) is 8.03. The molecule has 3 rings (SSSR count). The van der Waals surface area contributed by atoms with Gasteiger partial charge in [0.25, 0.3) is 0 Å². The molecule has 0 aliphatic rings. The summed E-state index contributed by atoms with van der Waals surface area (Å²) in [7, 11) is 0. The van der Waals surface area contributed by atoms with Crippen molar-refractivity contribution in [3.05, 3.63) is 77.9 Å². The van der Waals surface area contributed by atoms with Gasteiger partial charge in [0.1, 0.15) is 17.5 Å². The van der Waals surface area contributed by atoms with Crippen molar-refractivity contribution in [3.63, 3.8) is 0 Å². The zero-order valence-corrected chi connectivity index (χ0v) is 14.3. The summed E-state index contributed by atoms with van der Waals surface area (Å²) in [4.78, 5) is 4.23. The highest BCUT2D eigenvalue weighted by atomic mass is 32.1. The molecule has 0 unspecified atom stereocenters. The Morgan fingerprint density at radius 2 is 2.00 bits per heavy atom. The zero-order chi connectivity index (χ0) is 17.8. The average Bonchev–Trinajstić information content (AvgIpc) is 3.02. The lowest BCUT2D eigenvalue weighted by atomic mass is 10.1. The van der Waals surface area contributed by atoms with Crippen LogP contribution in [0.5, 0.6) is 0 Å². The van der Waals surface area contributed by atoms with Crippen LogP contribution in [0, 0.1) is 18.6 Å². The summed E-state index contributed by atoms with van der Waals surface area (Å²) in [5, 5.41) is 6.02. The third-order valence-corrected chi connectivity index (χ3v) is 3.94. The van der Waals surface area contributed by atoms with Gasteiger partial charge in [0.15, 0.2) is 5.11 Å². The van der Waals surface area contributed by atoms with Gasteiger partial charge in [-0.3, -0.25) is 0 Å². The first kappa shape index (κ1) is 17.0. The highest BCUT2D eigenvalue weighted by Gasteiger charge is 2.08. The van der Waals surface area contributed by atoms with Crippen molar-refractivity contribution in [1.29, 1.82) is 0 Å². The number of nitrogens with one attached hydrogen (secondary N) is 2. The molecule has 0 atom stereocenters. The highest BCUT2D eigenvalue weighted by Crippen LogP contribution is 2.17. The molecule has 128 valence electrons. The maximum atomic E-state index is 13.7. The Balaban J connectivity index is 1.70. The van der Waals surface area contributed by atoms with Crippen LogP contribution in [0.25, 0.3) is 5.69 Å². The molecule has 0 aliphatic heterocycles. The number of anilines is 1. The van der Waals surface area contributed by atoms with E-state index in [1.165, 1.54) is 12.1 Å². The number of hydrogen-bond acceptors (Lipinski definition) is 2. The third kappa shape index (κ3) is 4.00. The maximum Gasteiger partial charge on any atom is 0.171 e. The Kier molecular flexibility index (Phi) is 5.04. The lowest BCUT2D eigenvalue weighted by Crippen LogP contribution is -2.28. The standard InChI is InChI=1S/C18H16F2N4S/c1-12-21-8-9-24(12)17-5-3-2-4-13(17)11-22-18(25)23-16-7-6-14(19)10-15(16)20/h2-10H,11H2,1H3,(H2,22,23,25). The monoisotopic (exact) mass is 358 g/mol. The van der Waals surface area contributed by atoms with E-state index in [0.29, 0.717) is 6.54 Å². The number of benzene rings is 2. The van der Waals surface area contributed by atoms with Crippen molar-refractivity contribution < 1.29 is 8.78 Å². The first-order chi connectivity index (χ1) is 12.0. The number of halogens is 2. The van der Waals surface area contributed by atoms with Gasteiger partial charge >= 0.3 is 0 Å². The quantitative estimate of drug-likeness (QED) is 0.693. The van der Waals surface area contributed by atoms with Crippen LogP contribution in [0.2, 0.25) is 0 Å². The first-order valence-electron chi connectivity index (χ1n) is 7.63. The third-order valence-electron chi connectivity index (χ3n) is 3.70. The zero-order valence-electron chi connectivity index (χ0n) is 13.5. The summed E-state index contributed by atoms with van der Waals surface area (Å²) in [6.07, 6.45) is 3.63. The second kappa shape index (κ2) is 7.40. The van der Waals surface area contributed by atoms with Crippen molar-refractivity contribution in [2.75, 3.05) is 5.32 Å². The van der Waals surface area contributed by atoms with Crippen molar-refractivity contribution in [2.24, 2.45) is 0 Å². The number of rotatable bonds is 4. The Morgan fingerprint density at radius 1 is 1.20 bits per heavy atom. The van der Waals surface area contributed by atoms with E-state index in [1.54, 1.807) is 6.20 Å². The molecule has 2 N–H and O–H groups in total. The van der Waals surface area contributed by atoms with Crippen LogP contribution < -0.4 is 10.6 Å². The molecule has 2 aromatic carbocycles. The normalized spacial score (nSPS) is 10.5. The minimum atomic E-state index is -0.696. The lowest BCUT2D eigenvalue weighted by molar-refractivity contribution is 0.586. The molecule has 0 amide bonds. The summed E-state index contributed by atoms with van der Waals surface area (Å²) in [6, 6.07) is 11.1. The van der Waals surface area contributed by atoms with E-state index in [4.69, 9.17) is 12.2 Å². The van der Waals surface area contributed by atoms with Crippen LogP contribution in [-0.4, -0.2) is 14.7 Å². The second-order valence-electron chi connectivity index (χ2n) is 5.41.